The number of urea groups is 1. The number of amides is 2. The van der Waals surface area contributed by atoms with Gasteiger partial charge in [0.25, 0.3) is 0 Å². The first-order valence-corrected chi connectivity index (χ1v) is 8.69. The maximum Gasteiger partial charge on any atom is 0.449 e. The van der Waals surface area contributed by atoms with E-state index in [1.165, 1.54) is 6.07 Å². The van der Waals surface area contributed by atoms with Crippen LogP contribution < -0.4 is 15.4 Å². The molecule has 6 nitrogen and oxygen atoms in total. The molecule has 0 aliphatic heterocycles. The fraction of sp³-hybridized carbons (Fsp3) is 0.263. The number of imidazole rings is 1. The van der Waals surface area contributed by atoms with Crippen molar-refractivity contribution in [3.8, 4) is 5.75 Å². The molecule has 1 heterocycles. The standard InChI is InChI=1S/C19H19F3N4O2/c1-2-28-16-10-6-4-8-14(16)25-18(27)23-11-12-26-15-9-5-3-7-13(15)24-17(26)19(20,21)22/h3-10H,2,11-12H2,1H3,(H2,23,25,27). The highest BCUT2D eigenvalue weighted by atomic mass is 19.4. The Morgan fingerprint density at radius 2 is 1.86 bits per heavy atom. The predicted molar refractivity (Wildman–Crippen MR) is 99.4 cm³/mol. The molecule has 0 saturated heterocycles. The fourth-order valence-corrected chi connectivity index (χ4v) is 2.82. The summed E-state index contributed by atoms with van der Waals surface area (Å²) >= 11 is 0. The number of nitrogens with zero attached hydrogens (tertiary/aromatic N) is 2. The quantitative estimate of drug-likeness (QED) is 0.658. The van der Waals surface area contributed by atoms with Gasteiger partial charge >= 0.3 is 12.2 Å². The first-order valence-electron chi connectivity index (χ1n) is 8.69. The summed E-state index contributed by atoms with van der Waals surface area (Å²) in [5, 5.41) is 5.20. The molecule has 0 aliphatic carbocycles. The van der Waals surface area contributed by atoms with Crippen molar-refractivity contribution in [1.29, 1.82) is 0 Å². The van der Waals surface area contributed by atoms with Gasteiger partial charge in [0.2, 0.25) is 5.82 Å². The Morgan fingerprint density at radius 1 is 1.14 bits per heavy atom. The zero-order chi connectivity index (χ0) is 20.1. The normalized spacial score (nSPS) is 11.4. The highest BCUT2D eigenvalue weighted by Crippen LogP contribution is 2.31. The fourth-order valence-electron chi connectivity index (χ4n) is 2.82. The summed E-state index contributed by atoms with van der Waals surface area (Å²) in [6, 6.07) is 12.7. The lowest BCUT2D eigenvalue weighted by atomic mass is 10.3. The zero-order valence-electron chi connectivity index (χ0n) is 15.1. The molecule has 3 rings (SSSR count). The lowest BCUT2D eigenvalue weighted by Crippen LogP contribution is -2.32. The van der Waals surface area contributed by atoms with Crippen molar-refractivity contribution in [2.24, 2.45) is 0 Å². The highest BCUT2D eigenvalue weighted by Gasteiger charge is 2.37. The number of ether oxygens (including phenoxy) is 1. The third-order valence-electron chi connectivity index (χ3n) is 3.96. The molecule has 148 valence electrons. The summed E-state index contributed by atoms with van der Waals surface area (Å²) in [6.45, 7) is 2.18. The van der Waals surface area contributed by atoms with Gasteiger partial charge in [0, 0.05) is 13.1 Å². The molecule has 2 aromatic carbocycles. The molecule has 0 atom stereocenters. The second-order valence-corrected chi connectivity index (χ2v) is 5.88. The molecule has 3 aromatic rings. The van der Waals surface area contributed by atoms with Crippen molar-refractivity contribution >= 4 is 22.8 Å². The van der Waals surface area contributed by atoms with Crippen molar-refractivity contribution in [3.63, 3.8) is 0 Å². The molecule has 0 aliphatic rings. The lowest BCUT2D eigenvalue weighted by Gasteiger charge is -2.14. The van der Waals surface area contributed by atoms with Crippen molar-refractivity contribution in [2.45, 2.75) is 19.6 Å². The number of fused-ring (bicyclic) bond motifs is 1. The summed E-state index contributed by atoms with van der Waals surface area (Å²) in [5.41, 5.74) is 1.09. The number of benzene rings is 2. The third kappa shape index (κ3) is 4.36. The van der Waals surface area contributed by atoms with Crippen molar-refractivity contribution in [2.75, 3.05) is 18.5 Å². The van der Waals surface area contributed by atoms with Crippen LogP contribution in [0.3, 0.4) is 0 Å². The molecule has 1 aromatic heterocycles. The second kappa shape index (κ2) is 8.20. The number of alkyl halides is 3. The van der Waals surface area contributed by atoms with Gasteiger partial charge in [-0.3, -0.25) is 0 Å². The van der Waals surface area contributed by atoms with Crippen LogP contribution in [-0.2, 0) is 12.7 Å². The molecular weight excluding hydrogens is 373 g/mol. The van der Waals surface area contributed by atoms with Gasteiger partial charge in [0.15, 0.2) is 0 Å². The second-order valence-electron chi connectivity index (χ2n) is 5.88. The average molecular weight is 392 g/mol. The number of nitrogens with one attached hydrogen (secondary N) is 2. The number of carbonyl (C=O) groups excluding carboxylic acids is 1. The number of rotatable bonds is 6. The van der Waals surface area contributed by atoms with Gasteiger partial charge in [-0.25, -0.2) is 9.78 Å². The van der Waals surface area contributed by atoms with Crippen LogP contribution in [0.25, 0.3) is 11.0 Å². The monoisotopic (exact) mass is 392 g/mol. The van der Waals surface area contributed by atoms with E-state index in [0.29, 0.717) is 23.6 Å². The highest BCUT2D eigenvalue weighted by molar-refractivity contribution is 5.90. The van der Waals surface area contributed by atoms with Gasteiger partial charge in [-0.05, 0) is 31.2 Å². The minimum Gasteiger partial charge on any atom is -0.492 e. The van der Waals surface area contributed by atoms with Gasteiger partial charge in [0.1, 0.15) is 5.75 Å². The third-order valence-corrected chi connectivity index (χ3v) is 3.96. The molecule has 0 bridgehead atoms. The maximum absolute atomic E-state index is 13.3. The van der Waals surface area contributed by atoms with E-state index < -0.39 is 18.0 Å². The topological polar surface area (TPSA) is 68.2 Å². The number of carbonyl (C=O) groups is 1. The summed E-state index contributed by atoms with van der Waals surface area (Å²) in [4.78, 5) is 15.8. The van der Waals surface area contributed by atoms with Crippen LogP contribution in [0.15, 0.2) is 48.5 Å². The molecule has 0 fully saturated rings. The van der Waals surface area contributed by atoms with Crippen molar-refractivity contribution in [1.82, 2.24) is 14.9 Å². The first kappa shape index (κ1) is 19.5. The van der Waals surface area contributed by atoms with Gasteiger partial charge in [0.05, 0.1) is 23.3 Å². The lowest BCUT2D eigenvalue weighted by molar-refractivity contribution is -0.146. The molecule has 0 unspecified atom stereocenters. The average Bonchev–Trinajstić information content (AvgIpc) is 3.03. The van der Waals surface area contributed by atoms with Crippen LogP contribution in [0.2, 0.25) is 0 Å². The first-order chi connectivity index (χ1) is 13.4. The van der Waals surface area contributed by atoms with E-state index in [-0.39, 0.29) is 18.6 Å². The number of halogens is 3. The van der Waals surface area contributed by atoms with Crippen LogP contribution in [0.4, 0.5) is 23.7 Å². The number of aromatic nitrogens is 2. The SMILES string of the molecule is CCOc1ccccc1NC(=O)NCCn1c(C(F)(F)F)nc2ccccc21. The Bertz CT molecular complexity index is 969. The van der Waals surface area contributed by atoms with Crippen LogP contribution in [-0.4, -0.2) is 28.7 Å². The number of para-hydroxylation sites is 4. The van der Waals surface area contributed by atoms with Gasteiger partial charge in [-0.15, -0.1) is 0 Å². The van der Waals surface area contributed by atoms with Crippen LogP contribution >= 0.6 is 0 Å². The Morgan fingerprint density at radius 3 is 2.61 bits per heavy atom. The van der Waals surface area contributed by atoms with Gasteiger partial charge in [-0.2, -0.15) is 13.2 Å². The van der Waals surface area contributed by atoms with Crippen LogP contribution in [0.1, 0.15) is 12.7 Å². The maximum atomic E-state index is 13.3. The largest absolute Gasteiger partial charge is 0.492 e. The molecule has 0 spiro atoms. The summed E-state index contributed by atoms with van der Waals surface area (Å²) in [6.07, 6.45) is -4.59. The Labute approximate surface area is 159 Å². The van der Waals surface area contributed by atoms with E-state index in [0.717, 1.165) is 4.57 Å². The van der Waals surface area contributed by atoms with E-state index in [1.807, 2.05) is 6.92 Å². The van der Waals surface area contributed by atoms with Gasteiger partial charge < -0.3 is 19.9 Å². The summed E-state index contributed by atoms with van der Waals surface area (Å²) in [7, 11) is 0. The van der Waals surface area contributed by atoms with Gasteiger partial charge in [-0.1, -0.05) is 24.3 Å². The zero-order valence-corrected chi connectivity index (χ0v) is 15.1. The molecule has 28 heavy (non-hydrogen) atoms. The molecule has 2 N–H and O–H groups in total. The van der Waals surface area contributed by atoms with Crippen molar-refractivity contribution in [3.05, 3.63) is 54.4 Å². The molecule has 2 amide bonds. The smallest absolute Gasteiger partial charge is 0.449 e. The van der Waals surface area contributed by atoms with Crippen molar-refractivity contribution < 1.29 is 22.7 Å². The number of hydrogen-bond acceptors (Lipinski definition) is 3. The Kier molecular flexibility index (Phi) is 5.72. The molecule has 0 radical (unpaired) electrons. The van der Waals surface area contributed by atoms with E-state index in [1.54, 1.807) is 42.5 Å². The van der Waals surface area contributed by atoms with E-state index in [2.05, 4.69) is 15.6 Å². The molecular formula is C19H19F3N4O2. The predicted octanol–water partition coefficient (Wildman–Crippen LogP) is 4.28. The van der Waals surface area contributed by atoms with E-state index in [9.17, 15) is 18.0 Å². The molecule has 9 heteroatoms. The molecule has 0 saturated carbocycles. The summed E-state index contributed by atoms with van der Waals surface area (Å²) < 4.78 is 46.3. The van der Waals surface area contributed by atoms with Crippen LogP contribution in [0.5, 0.6) is 5.75 Å². The van der Waals surface area contributed by atoms with Crippen LogP contribution in [0, 0.1) is 0 Å². The summed E-state index contributed by atoms with van der Waals surface area (Å²) in [5.74, 6) is -0.474. The minimum absolute atomic E-state index is 0.00787. The van der Waals surface area contributed by atoms with E-state index in [4.69, 9.17) is 4.74 Å². The Balaban J connectivity index is 1.68. The number of anilines is 1. The number of hydrogen-bond donors (Lipinski definition) is 2. The Hall–Kier alpha value is -3.23. The van der Waals surface area contributed by atoms with E-state index >= 15 is 0 Å². The minimum atomic E-state index is -4.59.